The van der Waals surface area contributed by atoms with Gasteiger partial charge in [-0.25, -0.2) is 4.98 Å². The van der Waals surface area contributed by atoms with Crippen molar-refractivity contribution in [3.8, 4) is 21.3 Å². The summed E-state index contributed by atoms with van der Waals surface area (Å²) in [7, 11) is 0. The van der Waals surface area contributed by atoms with Crippen LogP contribution in [0.1, 0.15) is 16.8 Å². The normalized spacial score (nSPS) is 11.9. The van der Waals surface area contributed by atoms with Crippen LogP contribution in [-0.4, -0.2) is 15.2 Å². The van der Waals surface area contributed by atoms with E-state index in [9.17, 15) is 13.2 Å². The Bertz CT molecular complexity index is 1080. The second-order valence-electron chi connectivity index (χ2n) is 5.81. The fourth-order valence-corrected chi connectivity index (χ4v) is 4.83. The van der Waals surface area contributed by atoms with Crippen molar-refractivity contribution < 1.29 is 17.6 Å². The summed E-state index contributed by atoms with van der Waals surface area (Å²) in [6, 6.07) is 7.00. The number of aromatic nitrogens is 3. The fraction of sp³-hybridized carbons (Fsp3) is 0.167. The maximum atomic E-state index is 12.7. The minimum Gasteiger partial charge on any atom is -0.410 e. The molecule has 0 aliphatic heterocycles. The molecule has 0 amide bonds. The maximum Gasteiger partial charge on any atom is 0.416 e. The maximum absolute atomic E-state index is 12.7. The van der Waals surface area contributed by atoms with E-state index in [1.54, 1.807) is 11.3 Å². The van der Waals surface area contributed by atoms with Crippen LogP contribution in [0, 0.1) is 6.92 Å². The summed E-state index contributed by atoms with van der Waals surface area (Å²) in [5.41, 5.74) is 1.88. The van der Waals surface area contributed by atoms with Gasteiger partial charge in [0.2, 0.25) is 0 Å². The average Bonchev–Trinajstić information content (AvgIpc) is 3.40. The van der Waals surface area contributed by atoms with E-state index in [1.807, 2.05) is 23.8 Å². The fourth-order valence-electron chi connectivity index (χ4n) is 2.40. The van der Waals surface area contributed by atoms with Crippen LogP contribution in [0.2, 0.25) is 0 Å². The molecule has 0 saturated carbocycles. The van der Waals surface area contributed by atoms with E-state index >= 15 is 0 Å². The van der Waals surface area contributed by atoms with Crippen molar-refractivity contribution in [3.05, 3.63) is 57.9 Å². The number of rotatable bonds is 5. The molecule has 0 aliphatic carbocycles. The number of nitrogens with zero attached hydrogens (tertiary/aromatic N) is 3. The summed E-state index contributed by atoms with van der Waals surface area (Å²) in [5, 5.41) is 13.1. The molecule has 0 unspecified atom stereocenters. The van der Waals surface area contributed by atoms with Crippen LogP contribution in [0.3, 0.4) is 0 Å². The topological polar surface area (TPSA) is 51.8 Å². The van der Waals surface area contributed by atoms with Crippen molar-refractivity contribution in [1.29, 1.82) is 0 Å². The number of aryl methyl sites for hydroxylation is 1. The number of thioether (sulfide) groups is 1. The van der Waals surface area contributed by atoms with Gasteiger partial charge in [-0.2, -0.15) is 13.2 Å². The summed E-state index contributed by atoms with van der Waals surface area (Å²) < 4.78 is 43.7. The van der Waals surface area contributed by atoms with Gasteiger partial charge in [0.15, 0.2) is 0 Å². The number of hydrogen-bond donors (Lipinski definition) is 0. The second-order valence-corrected chi connectivity index (χ2v) is 8.51. The average molecular weight is 440 g/mol. The summed E-state index contributed by atoms with van der Waals surface area (Å²) in [5.74, 6) is 1.03. The number of benzene rings is 1. The Labute approximate surface area is 170 Å². The molecule has 0 atom stereocenters. The molecule has 4 rings (SSSR count). The highest BCUT2D eigenvalue weighted by Crippen LogP contribution is 2.33. The van der Waals surface area contributed by atoms with Gasteiger partial charge in [0.1, 0.15) is 5.01 Å². The number of halogens is 3. The van der Waals surface area contributed by atoms with Crippen molar-refractivity contribution in [2.24, 2.45) is 0 Å². The highest BCUT2D eigenvalue weighted by Gasteiger charge is 2.30. The first kappa shape index (κ1) is 19.2. The molecule has 4 aromatic rings. The lowest BCUT2D eigenvalue weighted by Crippen LogP contribution is -2.03. The highest BCUT2D eigenvalue weighted by molar-refractivity contribution is 7.98. The summed E-state index contributed by atoms with van der Waals surface area (Å²) >= 11 is 4.30. The summed E-state index contributed by atoms with van der Waals surface area (Å²) in [6.07, 6.45) is -4.34. The molecule has 3 aromatic heterocycles. The lowest BCUT2D eigenvalue weighted by molar-refractivity contribution is -0.137. The monoisotopic (exact) mass is 439 g/mol. The number of thiophene rings is 1. The van der Waals surface area contributed by atoms with Crippen LogP contribution in [0.4, 0.5) is 13.2 Å². The summed E-state index contributed by atoms with van der Waals surface area (Å²) in [4.78, 5) is 5.44. The van der Waals surface area contributed by atoms with E-state index in [0.717, 1.165) is 28.3 Å². The van der Waals surface area contributed by atoms with Crippen molar-refractivity contribution >= 4 is 34.4 Å². The zero-order valence-corrected chi connectivity index (χ0v) is 16.8. The molecule has 0 radical (unpaired) electrons. The number of thiazole rings is 1. The van der Waals surface area contributed by atoms with Gasteiger partial charge in [0.25, 0.3) is 11.1 Å². The van der Waals surface area contributed by atoms with Gasteiger partial charge in [-0.05, 0) is 36.1 Å². The standard InChI is InChI=1S/C18H12F3N3OS3/c1-10-6-7-26-14(10)15-23-24-17(25-15)28-9-13-8-27-16(22-13)11-2-4-12(5-3-11)18(19,20)21/h2-8H,9H2,1H3. The lowest BCUT2D eigenvalue weighted by Gasteiger charge is -2.06. The Morgan fingerprint density at radius 1 is 1.07 bits per heavy atom. The van der Waals surface area contributed by atoms with E-state index in [4.69, 9.17) is 4.42 Å². The zero-order valence-electron chi connectivity index (χ0n) is 14.4. The Hall–Kier alpha value is -2.17. The van der Waals surface area contributed by atoms with Crippen molar-refractivity contribution in [1.82, 2.24) is 15.2 Å². The Morgan fingerprint density at radius 3 is 2.54 bits per heavy atom. The smallest absolute Gasteiger partial charge is 0.410 e. The first-order chi connectivity index (χ1) is 13.4. The van der Waals surface area contributed by atoms with E-state index in [1.165, 1.54) is 35.2 Å². The molecule has 0 N–H and O–H groups in total. The minimum absolute atomic E-state index is 0.451. The van der Waals surface area contributed by atoms with E-state index in [-0.39, 0.29) is 0 Å². The van der Waals surface area contributed by atoms with Crippen molar-refractivity contribution in [3.63, 3.8) is 0 Å². The number of alkyl halides is 3. The van der Waals surface area contributed by atoms with Crippen LogP contribution >= 0.6 is 34.4 Å². The van der Waals surface area contributed by atoms with Gasteiger partial charge in [-0.1, -0.05) is 23.9 Å². The minimum atomic E-state index is -4.34. The van der Waals surface area contributed by atoms with Crippen LogP contribution < -0.4 is 0 Å². The molecule has 3 heterocycles. The Balaban J connectivity index is 1.42. The van der Waals surface area contributed by atoms with Crippen molar-refractivity contribution in [2.75, 3.05) is 0 Å². The summed E-state index contributed by atoms with van der Waals surface area (Å²) in [6.45, 7) is 1.99. The first-order valence-electron chi connectivity index (χ1n) is 8.03. The number of hydrogen-bond acceptors (Lipinski definition) is 7. The SMILES string of the molecule is Cc1ccsc1-c1nnc(SCc2csc(-c3ccc(C(F)(F)F)cc3)n2)o1. The third-order valence-corrected chi connectivity index (χ3v) is 6.61. The molecule has 0 saturated heterocycles. The van der Waals surface area contributed by atoms with Gasteiger partial charge in [-0.3, -0.25) is 0 Å². The van der Waals surface area contributed by atoms with Crippen LogP contribution in [0.5, 0.6) is 0 Å². The zero-order chi connectivity index (χ0) is 19.7. The third kappa shape index (κ3) is 4.13. The lowest BCUT2D eigenvalue weighted by atomic mass is 10.1. The molecule has 28 heavy (non-hydrogen) atoms. The molecule has 0 fully saturated rings. The molecule has 0 aliphatic rings. The second kappa shape index (κ2) is 7.69. The van der Waals surface area contributed by atoms with Crippen LogP contribution in [-0.2, 0) is 11.9 Å². The molecule has 144 valence electrons. The molecule has 1 aromatic carbocycles. The largest absolute Gasteiger partial charge is 0.416 e. The van der Waals surface area contributed by atoms with Gasteiger partial charge in [0.05, 0.1) is 16.1 Å². The Kier molecular flexibility index (Phi) is 5.26. The molecule has 0 spiro atoms. The molecule has 4 nitrogen and oxygen atoms in total. The molecule has 0 bridgehead atoms. The van der Waals surface area contributed by atoms with Crippen LogP contribution in [0.25, 0.3) is 21.3 Å². The van der Waals surface area contributed by atoms with Crippen molar-refractivity contribution in [2.45, 2.75) is 24.1 Å². The first-order valence-corrected chi connectivity index (χ1v) is 10.8. The van der Waals surface area contributed by atoms with E-state index in [2.05, 4.69) is 15.2 Å². The van der Waals surface area contributed by atoms with Gasteiger partial charge < -0.3 is 4.42 Å². The predicted octanol–water partition coefficient (Wildman–Crippen LogP) is 6.54. The molecular weight excluding hydrogens is 427 g/mol. The molecular formula is C18H12F3N3OS3. The highest BCUT2D eigenvalue weighted by atomic mass is 32.2. The predicted molar refractivity (Wildman–Crippen MR) is 104 cm³/mol. The molecule has 10 heteroatoms. The van der Waals surface area contributed by atoms with Gasteiger partial charge in [-0.15, -0.1) is 32.9 Å². The van der Waals surface area contributed by atoms with E-state index in [0.29, 0.717) is 27.4 Å². The van der Waals surface area contributed by atoms with Gasteiger partial charge >= 0.3 is 6.18 Å². The third-order valence-electron chi connectivity index (χ3n) is 3.82. The Morgan fingerprint density at radius 2 is 1.86 bits per heavy atom. The van der Waals surface area contributed by atoms with E-state index < -0.39 is 11.7 Å². The van der Waals surface area contributed by atoms with Crippen LogP contribution in [0.15, 0.2) is 50.7 Å². The van der Waals surface area contributed by atoms with Gasteiger partial charge in [0, 0.05) is 16.7 Å². The quantitative estimate of drug-likeness (QED) is 0.331.